The van der Waals surface area contributed by atoms with E-state index in [0.717, 1.165) is 5.56 Å². The van der Waals surface area contributed by atoms with E-state index in [-0.39, 0.29) is 11.3 Å². The highest BCUT2D eigenvalue weighted by molar-refractivity contribution is 7.19. The number of aryl methyl sites for hydroxylation is 2. The number of aromatic nitrogens is 5. The summed E-state index contributed by atoms with van der Waals surface area (Å²) in [6, 6.07) is 9.31. The van der Waals surface area contributed by atoms with E-state index < -0.39 is 0 Å². The predicted molar refractivity (Wildman–Crippen MR) is 85.3 cm³/mol. The third kappa shape index (κ3) is 2.33. The second-order valence-corrected chi connectivity index (χ2v) is 6.10. The van der Waals surface area contributed by atoms with Gasteiger partial charge in [-0.25, -0.2) is 0 Å². The molecule has 0 N–H and O–H groups in total. The van der Waals surface area contributed by atoms with E-state index in [1.165, 1.54) is 15.9 Å². The molecule has 0 atom stereocenters. The molecule has 3 heterocycles. The molecule has 0 spiro atoms. The molecule has 0 aliphatic rings. The zero-order valence-electron chi connectivity index (χ0n) is 12.3. The minimum atomic E-state index is -0.304. The summed E-state index contributed by atoms with van der Waals surface area (Å²) in [5.74, 6) is 0.679. The number of hydrogen-bond acceptors (Lipinski definition) is 7. The average Bonchev–Trinajstić information content (AvgIpc) is 3.15. The zero-order valence-corrected chi connectivity index (χ0v) is 13.2. The normalized spacial score (nSPS) is 11.2. The summed E-state index contributed by atoms with van der Waals surface area (Å²) < 4.78 is 6.30. The van der Waals surface area contributed by atoms with Crippen molar-refractivity contribution >= 4 is 16.3 Å². The van der Waals surface area contributed by atoms with Crippen LogP contribution >= 0.6 is 11.3 Å². The second kappa shape index (κ2) is 5.10. The molecule has 0 amide bonds. The van der Waals surface area contributed by atoms with Gasteiger partial charge in [0.25, 0.3) is 0 Å². The van der Waals surface area contributed by atoms with Crippen molar-refractivity contribution in [3.63, 3.8) is 0 Å². The van der Waals surface area contributed by atoms with Gasteiger partial charge in [-0.1, -0.05) is 46.3 Å². The fourth-order valence-corrected chi connectivity index (χ4v) is 2.97. The number of nitrogens with zero attached hydrogens (tertiary/aromatic N) is 5. The number of rotatable bonds is 2. The van der Waals surface area contributed by atoms with Crippen molar-refractivity contribution in [1.82, 2.24) is 25.0 Å². The highest BCUT2D eigenvalue weighted by Gasteiger charge is 2.16. The lowest BCUT2D eigenvalue weighted by Crippen LogP contribution is -2.19. The van der Waals surface area contributed by atoms with Crippen LogP contribution in [0.2, 0.25) is 0 Å². The maximum Gasteiger partial charge on any atom is 0.302 e. The van der Waals surface area contributed by atoms with Gasteiger partial charge in [0.1, 0.15) is 11.5 Å². The quantitative estimate of drug-likeness (QED) is 0.563. The zero-order chi connectivity index (χ0) is 16.0. The van der Waals surface area contributed by atoms with Crippen molar-refractivity contribution in [1.29, 1.82) is 0 Å². The molecular formula is C15H11N5O2S. The Morgan fingerprint density at radius 1 is 1.13 bits per heavy atom. The molecule has 7 nitrogen and oxygen atoms in total. The standard InChI is InChI=1S/C15H11N5O2S/c1-8-3-5-10(6-4-8)12-14(21)20-15(17-16-12)23-13(18-20)11-7-9(2)22-19-11/h3-7H,1-2H3. The highest BCUT2D eigenvalue weighted by atomic mass is 32.1. The Morgan fingerprint density at radius 3 is 2.61 bits per heavy atom. The smallest absolute Gasteiger partial charge is 0.302 e. The van der Waals surface area contributed by atoms with Crippen molar-refractivity contribution in [3.05, 3.63) is 52.0 Å². The molecule has 0 saturated carbocycles. The first kappa shape index (κ1) is 13.8. The Morgan fingerprint density at radius 2 is 1.91 bits per heavy atom. The van der Waals surface area contributed by atoms with Gasteiger partial charge in [-0.3, -0.25) is 4.79 Å². The third-order valence-corrected chi connectivity index (χ3v) is 4.28. The van der Waals surface area contributed by atoms with Crippen LogP contribution < -0.4 is 5.56 Å². The van der Waals surface area contributed by atoms with Gasteiger partial charge in [-0.2, -0.15) is 4.52 Å². The van der Waals surface area contributed by atoms with Gasteiger partial charge in [-0.15, -0.1) is 15.3 Å². The molecule has 23 heavy (non-hydrogen) atoms. The molecule has 114 valence electrons. The van der Waals surface area contributed by atoms with Crippen molar-refractivity contribution in [2.24, 2.45) is 0 Å². The molecule has 0 fully saturated rings. The van der Waals surface area contributed by atoms with E-state index in [1.54, 1.807) is 13.0 Å². The topological polar surface area (TPSA) is 86.2 Å². The van der Waals surface area contributed by atoms with Crippen LogP contribution in [-0.2, 0) is 0 Å². The summed E-state index contributed by atoms with van der Waals surface area (Å²) in [7, 11) is 0. The second-order valence-electron chi connectivity index (χ2n) is 5.14. The van der Waals surface area contributed by atoms with E-state index in [9.17, 15) is 4.79 Å². The van der Waals surface area contributed by atoms with Gasteiger partial charge in [0.15, 0.2) is 10.7 Å². The molecule has 0 aliphatic carbocycles. The summed E-state index contributed by atoms with van der Waals surface area (Å²) in [6.45, 7) is 3.78. The minimum absolute atomic E-state index is 0.274. The van der Waals surface area contributed by atoms with Crippen LogP contribution in [0.1, 0.15) is 11.3 Å². The van der Waals surface area contributed by atoms with Crippen LogP contribution in [-0.4, -0.2) is 25.0 Å². The summed E-state index contributed by atoms with van der Waals surface area (Å²) in [6.07, 6.45) is 0. The lowest BCUT2D eigenvalue weighted by atomic mass is 10.1. The summed E-state index contributed by atoms with van der Waals surface area (Å²) in [5.41, 5.74) is 2.38. The van der Waals surface area contributed by atoms with Crippen LogP contribution in [0.3, 0.4) is 0 Å². The van der Waals surface area contributed by atoms with Gasteiger partial charge in [-0.05, 0) is 13.8 Å². The average molecular weight is 325 g/mol. The Labute approximate surface area is 134 Å². The van der Waals surface area contributed by atoms with Gasteiger partial charge < -0.3 is 4.52 Å². The van der Waals surface area contributed by atoms with E-state index in [2.05, 4.69) is 20.5 Å². The minimum Gasteiger partial charge on any atom is -0.361 e. The molecule has 0 aliphatic heterocycles. The summed E-state index contributed by atoms with van der Waals surface area (Å²) in [4.78, 5) is 13.0. The Hall–Kier alpha value is -2.87. The SMILES string of the molecule is Cc1ccc(-c2nnc3sc(-c4cc(C)on4)nn3c2=O)cc1. The van der Waals surface area contributed by atoms with E-state index >= 15 is 0 Å². The van der Waals surface area contributed by atoms with Crippen LogP contribution in [0.15, 0.2) is 39.6 Å². The largest absolute Gasteiger partial charge is 0.361 e. The van der Waals surface area contributed by atoms with Crippen molar-refractivity contribution in [2.75, 3.05) is 0 Å². The molecule has 1 aromatic carbocycles. The lowest BCUT2D eigenvalue weighted by Gasteiger charge is -1.99. The third-order valence-electron chi connectivity index (χ3n) is 3.36. The van der Waals surface area contributed by atoms with Crippen LogP contribution in [0.25, 0.3) is 26.9 Å². The fraction of sp³-hybridized carbons (Fsp3) is 0.133. The fourth-order valence-electron chi connectivity index (χ4n) is 2.18. The molecule has 0 bridgehead atoms. The van der Waals surface area contributed by atoms with Crippen LogP contribution in [0.5, 0.6) is 0 Å². The van der Waals surface area contributed by atoms with E-state index in [4.69, 9.17) is 4.52 Å². The molecular weight excluding hydrogens is 314 g/mol. The molecule has 3 aromatic heterocycles. The van der Waals surface area contributed by atoms with E-state index in [0.29, 0.717) is 27.0 Å². The van der Waals surface area contributed by atoms with Gasteiger partial charge in [0.05, 0.1) is 0 Å². The van der Waals surface area contributed by atoms with Crippen LogP contribution in [0.4, 0.5) is 0 Å². The van der Waals surface area contributed by atoms with Crippen molar-refractivity contribution in [2.45, 2.75) is 13.8 Å². The molecule has 0 radical (unpaired) electrons. The van der Waals surface area contributed by atoms with Crippen molar-refractivity contribution < 1.29 is 4.52 Å². The Kier molecular flexibility index (Phi) is 3.05. The molecule has 8 heteroatoms. The molecule has 4 aromatic rings. The van der Waals surface area contributed by atoms with Crippen LogP contribution in [0, 0.1) is 13.8 Å². The maximum absolute atomic E-state index is 12.6. The molecule has 0 saturated heterocycles. The van der Waals surface area contributed by atoms with Crippen molar-refractivity contribution in [3.8, 4) is 22.0 Å². The maximum atomic E-state index is 12.6. The molecule has 4 rings (SSSR count). The summed E-state index contributed by atoms with van der Waals surface area (Å²) >= 11 is 1.24. The Bertz CT molecular complexity index is 1060. The predicted octanol–water partition coefficient (Wildman–Crippen LogP) is 2.48. The first-order valence-electron chi connectivity index (χ1n) is 6.89. The Balaban J connectivity index is 1.88. The van der Waals surface area contributed by atoms with Gasteiger partial charge >= 0.3 is 5.56 Å². The van der Waals surface area contributed by atoms with E-state index in [1.807, 2.05) is 31.2 Å². The number of fused-ring (bicyclic) bond motifs is 1. The summed E-state index contributed by atoms with van der Waals surface area (Å²) in [5, 5.41) is 16.9. The highest BCUT2D eigenvalue weighted by Crippen LogP contribution is 2.24. The molecule has 0 unspecified atom stereocenters. The number of benzene rings is 1. The number of hydrogen-bond donors (Lipinski definition) is 0. The first-order valence-corrected chi connectivity index (χ1v) is 7.71. The lowest BCUT2D eigenvalue weighted by molar-refractivity contribution is 0.399. The van der Waals surface area contributed by atoms with Gasteiger partial charge in [0, 0.05) is 11.6 Å². The monoisotopic (exact) mass is 325 g/mol. The first-order chi connectivity index (χ1) is 11.1. The van der Waals surface area contributed by atoms with Gasteiger partial charge in [0.2, 0.25) is 4.96 Å².